The molecule has 1 aromatic carbocycles. The molecular formula is C12H16FN. The van der Waals surface area contributed by atoms with Gasteiger partial charge in [0.25, 0.3) is 0 Å². The summed E-state index contributed by atoms with van der Waals surface area (Å²) in [7, 11) is 0. The first kappa shape index (κ1) is 9.66. The van der Waals surface area contributed by atoms with Crippen molar-refractivity contribution in [2.45, 2.75) is 31.5 Å². The van der Waals surface area contributed by atoms with Crippen molar-refractivity contribution in [3.63, 3.8) is 0 Å². The summed E-state index contributed by atoms with van der Waals surface area (Å²) in [5.74, 6) is 0. The number of rotatable bonds is 2. The van der Waals surface area contributed by atoms with E-state index in [4.69, 9.17) is 0 Å². The van der Waals surface area contributed by atoms with E-state index in [1.165, 1.54) is 5.56 Å². The van der Waals surface area contributed by atoms with Crippen molar-refractivity contribution >= 4 is 0 Å². The molecule has 0 bridgehead atoms. The fourth-order valence-corrected chi connectivity index (χ4v) is 2.17. The van der Waals surface area contributed by atoms with E-state index < -0.39 is 6.17 Å². The first-order valence-corrected chi connectivity index (χ1v) is 5.11. The Labute approximate surface area is 84.3 Å². The molecular weight excluding hydrogens is 177 g/mol. The number of hydrogen-bond acceptors (Lipinski definition) is 1. The molecule has 2 heteroatoms. The van der Waals surface area contributed by atoms with Crippen LogP contribution < -0.4 is 5.32 Å². The fourth-order valence-electron chi connectivity index (χ4n) is 2.17. The minimum atomic E-state index is -0.677. The summed E-state index contributed by atoms with van der Waals surface area (Å²) in [5.41, 5.74) is 1.22. The second kappa shape index (κ2) is 3.70. The number of hydrogen-bond donors (Lipinski definition) is 1. The molecule has 2 unspecified atom stereocenters. The Balaban J connectivity index is 2.04. The van der Waals surface area contributed by atoms with E-state index in [0.29, 0.717) is 13.0 Å². The third kappa shape index (κ3) is 2.13. The first-order chi connectivity index (χ1) is 6.68. The summed E-state index contributed by atoms with van der Waals surface area (Å²) in [5, 5.41) is 3.26. The maximum Gasteiger partial charge on any atom is 0.114 e. The average Bonchev–Trinajstić information content (AvgIpc) is 2.47. The van der Waals surface area contributed by atoms with Gasteiger partial charge in [-0.25, -0.2) is 4.39 Å². The molecule has 1 fully saturated rings. The van der Waals surface area contributed by atoms with Crippen molar-refractivity contribution in [2.24, 2.45) is 0 Å². The van der Waals surface area contributed by atoms with Gasteiger partial charge in [-0.2, -0.15) is 0 Å². The zero-order chi connectivity index (χ0) is 10.0. The van der Waals surface area contributed by atoms with Gasteiger partial charge < -0.3 is 5.32 Å². The topological polar surface area (TPSA) is 12.0 Å². The zero-order valence-corrected chi connectivity index (χ0v) is 8.46. The average molecular weight is 193 g/mol. The highest BCUT2D eigenvalue weighted by atomic mass is 19.1. The predicted molar refractivity (Wildman–Crippen MR) is 56.1 cm³/mol. The van der Waals surface area contributed by atoms with E-state index in [-0.39, 0.29) is 5.54 Å². The highest BCUT2D eigenvalue weighted by Gasteiger charge is 2.34. The number of alkyl halides is 1. The Bertz CT molecular complexity index is 298. The molecule has 2 atom stereocenters. The highest BCUT2D eigenvalue weighted by molar-refractivity contribution is 5.18. The fraction of sp³-hybridized carbons (Fsp3) is 0.500. The second-order valence-electron chi connectivity index (χ2n) is 4.41. The molecule has 1 aliphatic heterocycles. The molecule has 0 spiro atoms. The molecule has 1 nitrogen and oxygen atoms in total. The summed E-state index contributed by atoms with van der Waals surface area (Å²) < 4.78 is 13.1. The van der Waals surface area contributed by atoms with Crippen LogP contribution in [-0.4, -0.2) is 18.3 Å². The van der Waals surface area contributed by atoms with Crippen LogP contribution in [0.5, 0.6) is 0 Å². The molecule has 14 heavy (non-hydrogen) atoms. The highest BCUT2D eigenvalue weighted by Crippen LogP contribution is 2.25. The Hall–Kier alpha value is -0.890. The van der Waals surface area contributed by atoms with Gasteiger partial charge in [-0.3, -0.25) is 0 Å². The summed E-state index contributed by atoms with van der Waals surface area (Å²) in [4.78, 5) is 0. The summed E-state index contributed by atoms with van der Waals surface area (Å²) >= 11 is 0. The van der Waals surface area contributed by atoms with Gasteiger partial charge in [0.15, 0.2) is 0 Å². The maximum atomic E-state index is 13.1. The van der Waals surface area contributed by atoms with Gasteiger partial charge in [-0.15, -0.1) is 0 Å². The van der Waals surface area contributed by atoms with Crippen LogP contribution in [-0.2, 0) is 6.42 Å². The van der Waals surface area contributed by atoms with E-state index >= 15 is 0 Å². The van der Waals surface area contributed by atoms with Crippen molar-refractivity contribution in [1.82, 2.24) is 5.32 Å². The standard InChI is InChI=1S/C12H16FN/c1-12(8-11(13)9-14-12)7-10-5-3-2-4-6-10/h2-6,11,14H,7-9H2,1H3. The van der Waals surface area contributed by atoms with Gasteiger partial charge in [0.05, 0.1) is 0 Å². The molecule has 1 heterocycles. The second-order valence-corrected chi connectivity index (χ2v) is 4.41. The van der Waals surface area contributed by atoms with Crippen LogP contribution in [0.25, 0.3) is 0 Å². The number of benzene rings is 1. The van der Waals surface area contributed by atoms with Crippen LogP contribution in [0.15, 0.2) is 30.3 Å². The Kier molecular flexibility index (Phi) is 2.55. The van der Waals surface area contributed by atoms with Crippen molar-refractivity contribution in [3.8, 4) is 0 Å². The third-order valence-corrected chi connectivity index (χ3v) is 2.86. The summed E-state index contributed by atoms with van der Waals surface area (Å²) in [6.45, 7) is 2.60. The van der Waals surface area contributed by atoms with Crippen LogP contribution in [0.1, 0.15) is 18.9 Å². The maximum absolute atomic E-state index is 13.1. The SMILES string of the molecule is CC1(Cc2ccccc2)CC(F)CN1. The lowest BCUT2D eigenvalue weighted by atomic mass is 9.91. The van der Waals surface area contributed by atoms with Gasteiger partial charge in [0.2, 0.25) is 0 Å². The van der Waals surface area contributed by atoms with Crippen LogP contribution in [0.2, 0.25) is 0 Å². The molecule has 0 saturated carbocycles. The van der Waals surface area contributed by atoms with Gasteiger partial charge in [0, 0.05) is 12.1 Å². The zero-order valence-electron chi connectivity index (χ0n) is 8.46. The normalized spacial score (nSPS) is 32.0. The van der Waals surface area contributed by atoms with Crippen molar-refractivity contribution in [1.29, 1.82) is 0 Å². The molecule has 1 aliphatic rings. The number of halogens is 1. The molecule has 0 aromatic heterocycles. The summed E-state index contributed by atoms with van der Waals surface area (Å²) in [6, 6.07) is 10.3. The quantitative estimate of drug-likeness (QED) is 0.760. The first-order valence-electron chi connectivity index (χ1n) is 5.11. The molecule has 1 N–H and O–H groups in total. The van der Waals surface area contributed by atoms with Gasteiger partial charge >= 0.3 is 0 Å². The molecule has 0 radical (unpaired) electrons. The lowest BCUT2D eigenvalue weighted by Gasteiger charge is -2.24. The Morgan fingerprint density at radius 3 is 2.71 bits per heavy atom. The van der Waals surface area contributed by atoms with Gasteiger partial charge in [0.1, 0.15) is 6.17 Å². The molecule has 2 rings (SSSR count). The van der Waals surface area contributed by atoms with Crippen molar-refractivity contribution in [3.05, 3.63) is 35.9 Å². The Morgan fingerprint density at radius 1 is 1.43 bits per heavy atom. The largest absolute Gasteiger partial charge is 0.308 e. The van der Waals surface area contributed by atoms with E-state index in [0.717, 1.165) is 6.42 Å². The van der Waals surface area contributed by atoms with Gasteiger partial charge in [-0.1, -0.05) is 30.3 Å². The van der Waals surface area contributed by atoms with E-state index in [2.05, 4.69) is 24.4 Å². The number of nitrogens with one attached hydrogen (secondary N) is 1. The molecule has 0 aliphatic carbocycles. The van der Waals surface area contributed by atoms with Crippen LogP contribution in [0.4, 0.5) is 4.39 Å². The van der Waals surface area contributed by atoms with Gasteiger partial charge in [-0.05, 0) is 25.3 Å². The minimum Gasteiger partial charge on any atom is -0.308 e. The van der Waals surface area contributed by atoms with Crippen LogP contribution in [0.3, 0.4) is 0 Å². The summed E-state index contributed by atoms with van der Waals surface area (Å²) in [6.07, 6.45) is 0.861. The Morgan fingerprint density at radius 2 is 2.14 bits per heavy atom. The molecule has 0 amide bonds. The third-order valence-electron chi connectivity index (χ3n) is 2.86. The minimum absolute atomic E-state index is 0.0548. The molecule has 1 saturated heterocycles. The van der Waals surface area contributed by atoms with Crippen LogP contribution in [0, 0.1) is 0 Å². The van der Waals surface area contributed by atoms with Crippen molar-refractivity contribution in [2.75, 3.05) is 6.54 Å². The lowest BCUT2D eigenvalue weighted by molar-refractivity contribution is 0.329. The van der Waals surface area contributed by atoms with E-state index in [9.17, 15) is 4.39 Å². The molecule has 76 valence electrons. The predicted octanol–water partition coefficient (Wildman–Crippen LogP) is 2.32. The monoisotopic (exact) mass is 193 g/mol. The van der Waals surface area contributed by atoms with Crippen LogP contribution >= 0.6 is 0 Å². The van der Waals surface area contributed by atoms with Crippen molar-refractivity contribution < 1.29 is 4.39 Å². The molecule has 1 aromatic rings. The smallest absolute Gasteiger partial charge is 0.114 e. The van der Waals surface area contributed by atoms with E-state index in [1.807, 2.05) is 18.2 Å². The lowest BCUT2D eigenvalue weighted by Crippen LogP contribution is -2.38. The van der Waals surface area contributed by atoms with E-state index in [1.54, 1.807) is 0 Å².